The summed E-state index contributed by atoms with van der Waals surface area (Å²) in [5, 5.41) is 9.32. The SMILES string of the molecule is C=CCN1CC(C(=O)O)C2(CCOCC2)C1. The molecule has 0 bridgehead atoms. The first-order chi connectivity index (χ1) is 7.68. The third kappa shape index (κ3) is 1.99. The van der Waals surface area contributed by atoms with Crippen molar-refractivity contribution < 1.29 is 14.6 Å². The first kappa shape index (κ1) is 11.6. The first-order valence-corrected chi connectivity index (χ1v) is 5.82. The molecule has 1 spiro atoms. The Kier molecular flexibility index (Phi) is 3.30. The van der Waals surface area contributed by atoms with Crippen molar-refractivity contribution in [2.75, 3.05) is 32.8 Å². The number of hydrogen-bond donors (Lipinski definition) is 1. The highest BCUT2D eigenvalue weighted by molar-refractivity contribution is 5.72. The highest BCUT2D eigenvalue weighted by Crippen LogP contribution is 2.44. The van der Waals surface area contributed by atoms with Gasteiger partial charge in [-0.1, -0.05) is 6.08 Å². The lowest BCUT2D eigenvalue weighted by molar-refractivity contribution is -0.146. The minimum Gasteiger partial charge on any atom is -0.481 e. The van der Waals surface area contributed by atoms with E-state index >= 15 is 0 Å². The zero-order valence-electron chi connectivity index (χ0n) is 9.52. The number of rotatable bonds is 3. The lowest BCUT2D eigenvalue weighted by Gasteiger charge is -2.36. The maximum Gasteiger partial charge on any atom is 0.308 e. The Labute approximate surface area is 95.9 Å². The van der Waals surface area contributed by atoms with Gasteiger partial charge < -0.3 is 9.84 Å². The predicted molar refractivity (Wildman–Crippen MR) is 60.2 cm³/mol. The summed E-state index contributed by atoms with van der Waals surface area (Å²) >= 11 is 0. The van der Waals surface area contributed by atoms with Crippen molar-refractivity contribution in [1.82, 2.24) is 4.90 Å². The van der Waals surface area contributed by atoms with Gasteiger partial charge in [-0.05, 0) is 12.8 Å². The first-order valence-electron chi connectivity index (χ1n) is 5.82. The van der Waals surface area contributed by atoms with E-state index in [-0.39, 0.29) is 11.3 Å². The molecule has 2 fully saturated rings. The van der Waals surface area contributed by atoms with Crippen molar-refractivity contribution in [3.63, 3.8) is 0 Å². The lowest BCUT2D eigenvalue weighted by atomic mass is 9.72. The fourth-order valence-electron chi connectivity index (χ4n) is 3.02. The summed E-state index contributed by atoms with van der Waals surface area (Å²) in [7, 11) is 0. The Morgan fingerprint density at radius 1 is 1.56 bits per heavy atom. The smallest absolute Gasteiger partial charge is 0.308 e. The fraction of sp³-hybridized carbons (Fsp3) is 0.750. The Balaban J connectivity index is 2.13. The molecule has 0 aromatic rings. The summed E-state index contributed by atoms with van der Waals surface area (Å²) in [6.45, 7) is 7.43. The van der Waals surface area contributed by atoms with Crippen molar-refractivity contribution >= 4 is 5.97 Å². The van der Waals surface area contributed by atoms with Crippen LogP contribution in [0.5, 0.6) is 0 Å². The Morgan fingerprint density at radius 3 is 2.81 bits per heavy atom. The van der Waals surface area contributed by atoms with Gasteiger partial charge in [0.15, 0.2) is 0 Å². The molecule has 4 heteroatoms. The largest absolute Gasteiger partial charge is 0.481 e. The van der Waals surface area contributed by atoms with E-state index in [9.17, 15) is 9.90 Å². The second-order valence-corrected chi connectivity index (χ2v) is 4.85. The normalized spacial score (nSPS) is 29.4. The van der Waals surface area contributed by atoms with Gasteiger partial charge in [-0.15, -0.1) is 6.58 Å². The number of carboxylic acids is 1. The fourth-order valence-corrected chi connectivity index (χ4v) is 3.02. The third-order valence-electron chi connectivity index (χ3n) is 3.89. The van der Waals surface area contributed by atoms with E-state index < -0.39 is 5.97 Å². The number of carbonyl (C=O) groups is 1. The second kappa shape index (κ2) is 4.55. The topological polar surface area (TPSA) is 49.8 Å². The number of likely N-dealkylation sites (tertiary alicyclic amines) is 1. The van der Waals surface area contributed by atoms with Gasteiger partial charge in [0.2, 0.25) is 0 Å². The molecule has 1 atom stereocenters. The molecule has 90 valence electrons. The van der Waals surface area contributed by atoms with Crippen LogP contribution in [0.2, 0.25) is 0 Å². The zero-order valence-corrected chi connectivity index (χ0v) is 9.52. The molecule has 1 unspecified atom stereocenters. The number of ether oxygens (including phenoxy) is 1. The summed E-state index contributed by atoms with van der Waals surface area (Å²) in [4.78, 5) is 13.5. The second-order valence-electron chi connectivity index (χ2n) is 4.85. The van der Waals surface area contributed by atoms with Gasteiger partial charge >= 0.3 is 5.97 Å². The molecule has 2 aliphatic rings. The molecule has 0 aromatic heterocycles. The molecule has 0 aliphatic carbocycles. The van der Waals surface area contributed by atoms with E-state index in [1.165, 1.54) is 0 Å². The van der Waals surface area contributed by atoms with Crippen LogP contribution in [0.1, 0.15) is 12.8 Å². The molecule has 2 saturated heterocycles. The van der Waals surface area contributed by atoms with Gasteiger partial charge in [0, 0.05) is 38.3 Å². The van der Waals surface area contributed by atoms with Crippen LogP contribution in [-0.4, -0.2) is 48.8 Å². The van der Waals surface area contributed by atoms with Crippen LogP contribution in [0, 0.1) is 11.3 Å². The average Bonchev–Trinajstić information content (AvgIpc) is 2.59. The van der Waals surface area contributed by atoms with E-state index in [2.05, 4.69) is 11.5 Å². The van der Waals surface area contributed by atoms with Gasteiger partial charge in [0.25, 0.3) is 0 Å². The van der Waals surface area contributed by atoms with Crippen LogP contribution in [0.3, 0.4) is 0 Å². The van der Waals surface area contributed by atoms with Crippen LogP contribution in [0.15, 0.2) is 12.7 Å². The van der Waals surface area contributed by atoms with E-state index in [1.54, 1.807) is 0 Å². The number of hydrogen-bond acceptors (Lipinski definition) is 3. The van der Waals surface area contributed by atoms with Gasteiger partial charge in [-0.3, -0.25) is 9.69 Å². The van der Waals surface area contributed by atoms with Gasteiger partial charge in [0.1, 0.15) is 0 Å². The molecule has 2 heterocycles. The zero-order chi connectivity index (χ0) is 11.6. The Hall–Kier alpha value is -0.870. The van der Waals surface area contributed by atoms with Crippen LogP contribution in [0.4, 0.5) is 0 Å². The van der Waals surface area contributed by atoms with E-state index in [4.69, 9.17) is 4.74 Å². The molecule has 0 amide bonds. The minimum absolute atomic E-state index is 0.0624. The highest BCUT2D eigenvalue weighted by Gasteiger charge is 2.50. The molecule has 2 aliphatic heterocycles. The van der Waals surface area contributed by atoms with Crippen molar-refractivity contribution in [2.24, 2.45) is 11.3 Å². The lowest BCUT2D eigenvalue weighted by Crippen LogP contribution is -2.40. The van der Waals surface area contributed by atoms with Gasteiger partial charge in [-0.25, -0.2) is 0 Å². The van der Waals surface area contributed by atoms with Gasteiger partial charge in [0.05, 0.1) is 5.92 Å². The van der Waals surface area contributed by atoms with Crippen molar-refractivity contribution in [1.29, 1.82) is 0 Å². The third-order valence-corrected chi connectivity index (χ3v) is 3.89. The summed E-state index contributed by atoms with van der Waals surface area (Å²) in [5.74, 6) is -0.898. The minimum atomic E-state index is -0.659. The van der Waals surface area contributed by atoms with Crippen LogP contribution >= 0.6 is 0 Å². The number of carboxylic acid groups (broad SMARTS) is 1. The molecule has 1 N–H and O–H groups in total. The molecular weight excluding hydrogens is 206 g/mol. The predicted octanol–water partition coefficient (Wildman–Crippen LogP) is 0.986. The molecule has 4 nitrogen and oxygen atoms in total. The van der Waals surface area contributed by atoms with Crippen LogP contribution < -0.4 is 0 Å². The quantitative estimate of drug-likeness (QED) is 0.728. The van der Waals surface area contributed by atoms with Crippen LogP contribution in [0.25, 0.3) is 0 Å². The molecule has 2 rings (SSSR count). The average molecular weight is 225 g/mol. The molecule has 16 heavy (non-hydrogen) atoms. The monoisotopic (exact) mass is 225 g/mol. The number of nitrogens with zero attached hydrogens (tertiary/aromatic N) is 1. The highest BCUT2D eigenvalue weighted by atomic mass is 16.5. The molecule has 0 radical (unpaired) electrons. The maximum atomic E-state index is 11.3. The molecule has 0 saturated carbocycles. The Morgan fingerprint density at radius 2 is 2.25 bits per heavy atom. The summed E-state index contributed by atoms with van der Waals surface area (Å²) in [6.07, 6.45) is 3.59. The van der Waals surface area contributed by atoms with Crippen molar-refractivity contribution in [2.45, 2.75) is 12.8 Å². The van der Waals surface area contributed by atoms with Crippen molar-refractivity contribution in [3.8, 4) is 0 Å². The van der Waals surface area contributed by atoms with E-state index in [0.29, 0.717) is 19.8 Å². The Bertz CT molecular complexity index is 284. The van der Waals surface area contributed by atoms with Crippen molar-refractivity contribution in [3.05, 3.63) is 12.7 Å². The van der Waals surface area contributed by atoms with Crippen LogP contribution in [-0.2, 0) is 9.53 Å². The summed E-state index contributed by atoms with van der Waals surface area (Å²) in [5.41, 5.74) is -0.0624. The van der Waals surface area contributed by atoms with E-state index in [0.717, 1.165) is 25.9 Å². The van der Waals surface area contributed by atoms with Gasteiger partial charge in [-0.2, -0.15) is 0 Å². The standard InChI is InChI=1S/C12H19NO3/c1-2-5-13-8-10(11(14)15)12(9-13)3-6-16-7-4-12/h2,10H,1,3-9H2,(H,14,15). The van der Waals surface area contributed by atoms with E-state index in [1.807, 2.05) is 6.08 Å². The maximum absolute atomic E-state index is 11.3. The molecular formula is C12H19NO3. The summed E-state index contributed by atoms with van der Waals surface area (Å²) in [6, 6.07) is 0. The molecule has 0 aromatic carbocycles. The number of aliphatic carboxylic acids is 1. The summed E-state index contributed by atoms with van der Waals surface area (Å²) < 4.78 is 5.35.